The van der Waals surface area contributed by atoms with Gasteiger partial charge in [0.05, 0.1) is 18.2 Å². The Labute approximate surface area is 149 Å². The third kappa shape index (κ3) is 5.27. The van der Waals surface area contributed by atoms with E-state index in [4.69, 9.17) is 4.74 Å². The third-order valence-corrected chi connectivity index (χ3v) is 3.48. The summed E-state index contributed by atoms with van der Waals surface area (Å²) in [5, 5.41) is 2.61. The van der Waals surface area contributed by atoms with Crippen molar-refractivity contribution in [2.24, 2.45) is 0 Å². The maximum Gasteiger partial charge on any atom is 0.338 e. The van der Waals surface area contributed by atoms with E-state index in [0.717, 1.165) is 5.56 Å². The molecule has 134 valence electrons. The zero-order chi connectivity index (χ0) is 18.9. The standard InChI is InChI=1S/C19H17NO6/c1-25-18(23)15-6-2-13(3-7-15)10-20-17(22)12-26-19(24)16-8-4-14(11-21)5-9-16/h2-9,11H,10,12H2,1H3,(H,20,22). The van der Waals surface area contributed by atoms with Crippen molar-refractivity contribution < 1.29 is 28.7 Å². The first-order valence-corrected chi connectivity index (χ1v) is 7.70. The maximum absolute atomic E-state index is 11.8. The van der Waals surface area contributed by atoms with Crippen LogP contribution in [0.5, 0.6) is 0 Å². The van der Waals surface area contributed by atoms with Crippen LogP contribution >= 0.6 is 0 Å². The predicted octanol–water partition coefficient (Wildman–Crippen LogP) is 1.76. The van der Waals surface area contributed by atoms with Crippen LogP contribution in [0.4, 0.5) is 0 Å². The average molecular weight is 355 g/mol. The Morgan fingerprint density at radius 3 is 2.08 bits per heavy atom. The van der Waals surface area contributed by atoms with E-state index in [1.54, 1.807) is 24.3 Å². The number of benzene rings is 2. The van der Waals surface area contributed by atoms with E-state index in [1.165, 1.54) is 31.4 Å². The van der Waals surface area contributed by atoms with Crippen LogP contribution in [0.2, 0.25) is 0 Å². The summed E-state index contributed by atoms with van der Waals surface area (Å²) in [4.78, 5) is 45.5. The van der Waals surface area contributed by atoms with E-state index in [2.05, 4.69) is 10.1 Å². The summed E-state index contributed by atoms with van der Waals surface area (Å²) in [7, 11) is 1.30. The molecule has 0 aliphatic carbocycles. The summed E-state index contributed by atoms with van der Waals surface area (Å²) in [5.74, 6) is -1.55. The van der Waals surface area contributed by atoms with Crippen molar-refractivity contribution in [3.05, 3.63) is 70.8 Å². The van der Waals surface area contributed by atoms with Crippen molar-refractivity contribution in [1.82, 2.24) is 5.32 Å². The normalized spacial score (nSPS) is 9.88. The molecule has 2 aromatic carbocycles. The van der Waals surface area contributed by atoms with Crippen LogP contribution in [0.25, 0.3) is 0 Å². The number of carbonyl (C=O) groups excluding carboxylic acids is 4. The van der Waals surface area contributed by atoms with Gasteiger partial charge in [-0.25, -0.2) is 9.59 Å². The van der Waals surface area contributed by atoms with Crippen LogP contribution < -0.4 is 5.32 Å². The van der Waals surface area contributed by atoms with Crippen molar-refractivity contribution in [2.75, 3.05) is 13.7 Å². The third-order valence-electron chi connectivity index (χ3n) is 3.48. The Morgan fingerprint density at radius 1 is 0.923 bits per heavy atom. The zero-order valence-corrected chi connectivity index (χ0v) is 14.1. The molecule has 0 unspecified atom stereocenters. The summed E-state index contributed by atoms with van der Waals surface area (Å²) in [6, 6.07) is 12.4. The molecule has 1 N–H and O–H groups in total. The van der Waals surface area contributed by atoms with Crippen molar-refractivity contribution in [2.45, 2.75) is 6.54 Å². The van der Waals surface area contributed by atoms with Gasteiger partial charge in [0.15, 0.2) is 6.61 Å². The minimum atomic E-state index is -0.653. The van der Waals surface area contributed by atoms with Crippen LogP contribution in [0.1, 0.15) is 36.6 Å². The Bertz CT molecular complexity index is 796. The number of amides is 1. The molecular weight excluding hydrogens is 338 g/mol. The lowest BCUT2D eigenvalue weighted by Crippen LogP contribution is -2.28. The highest BCUT2D eigenvalue weighted by atomic mass is 16.5. The second kappa shape index (κ2) is 9.12. The summed E-state index contributed by atoms with van der Waals surface area (Å²) in [6.45, 7) is -0.194. The Balaban J connectivity index is 1.78. The van der Waals surface area contributed by atoms with Gasteiger partial charge in [0.2, 0.25) is 0 Å². The molecule has 0 aromatic heterocycles. The molecule has 26 heavy (non-hydrogen) atoms. The Morgan fingerprint density at radius 2 is 1.50 bits per heavy atom. The van der Waals surface area contributed by atoms with Crippen LogP contribution in [0.15, 0.2) is 48.5 Å². The number of ether oxygens (including phenoxy) is 2. The molecule has 7 nitrogen and oxygen atoms in total. The fourth-order valence-corrected chi connectivity index (χ4v) is 2.04. The first-order valence-electron chi connectivity index (χ1n) is 7.70. The molecule has 0 spiro atoms. The van der Waals surface area contributed by atoms with E-state index in [9.17, 15) is 19.2 Å². The lowest BCUT2D eigenvalue weighted by atomic mass is 10.1. The molecule has 0 aliphatic rings. The largest absolute Gasteiger partial charge is 0.465 e. The van der Waals surface area contributed by atoms with E-state index in [0.29, 0.717) is 17.4 Å². The Kier molecular flexibility index (Phi) is 6.61. The van der Waals surface area contributed by atoms with Gasteiger partial charge in [0.25, 0.3) is 5.91 Å². The number of rotatable bonds is 7. The summed E-state index contributed by atoms with van der Waals surface area (Å²) in [5.41, 5.74) is 1.89. The average Bonchev–Trinajstić information content (AvgIpc) is 2.70. The van der Waals surface area contributed by atoms with Crippen molar-refractivity contribution >= 4 is 24.1 Å². The van der Waals surface area contributed by atoms with Gasteiger partial charge in [0, 0.05) is 12.1 Å². The van der Waals surface area contributed by atoms with Crippen molar-refractivity contribution in [1.29, 1.82) is 0 Å². The zero-order valence-electron chi connectivity index (χ0n) is 14.1. The van der Waals surface area contributed by atoms with Crippen LogP contribution in [0, 0.1) is 0 Å². The molecule has 0 saturated carbocycles. The number of aldehydes is 1. The second-order valence-electron chi connectivity index (χ2n) is 5.28. The fourth-order valence-electron chi connectivity index (χ4n) is 2.04. The van der Waals surface area contributed by atoms with Gasteiger partial charge in [-0.2, -0.15) is 0 Å². The molecule has 2 aromatic rings. The van der Waals surface area contributed by atoms with Gasteiger partial charge in [-0.3, -0.25) is 9.59 Å². The highest BCUT2D eigenvalue weighted by molar-refractivity contribution is 5.92. The quantitative estimate of drug-likeness (QED) is 0.600. The van der Waals surface area contributed by atoms with Gasteiger partial charge in [0.1, 0.15) is 6.29 Å². The first kappa shape index (κ1) is 18.9. The summed E-state index contributed by atoms with van der Waals surface area (Å²) < 4.78 is 9.52. The number of hydrogen-bond acceptors (Lipinski definition) is 6. The topological polar surface area (TPSA) is 98.8 Å². The number of esters is 2. The van der Waals surface area contributed by atoms with Gasteiger partial charge in [-0.1, -0.05) is 24.3 Å². The monoisotopic (exact) mass is 355 g/mol. The SMILES string of the molecule is COC(=O)c1ccc(CNC(=O)COC(=O)c2ccc(C=O)cc2)cc1. The van der Waals surface area contributed by atoms with Crippen LogP contribution in [0.3, 0.4) is 0 Å². The number of hydrogen-bond donors (Lipinski definition) is 1. The minimum absolute atomic E-state index is 0.228. The molecule has 0 atom stereocenters. The second-order valence-corrected chi connectivity index (χ2v) is 5.28. The number of nitrogens with one attached hydrogen (secondary N) is 1. The molecule has 0 radical (unpaired) electrons. The van der Waals surface area contributed by atoms with Gasteiger partial charge < -0.3 is 14.8 Å². The van der Waals surface area contributed by atoms with E-state index in [-0.39, 0.29) is 12.1 Å². The first-order chi connectivity index (χ1) is 12.5. The lowest BCUT2D eigenvalue weighted by Gasteiger charge is -2.07. The molecule has 0 heterocycles. The smallest absolute Gasteiger partial charge is 0.338 e. The van der Waals surface area contributed by atoms with Crippen molar-refractivity contribution in [3.63, 3.8) is 0 Å². The molecule has 0 fully saturated rings. The van der Waals surface area contributed by atoms with Gasteiger partial charge in [-0.05, 0) is 29.8 Å². The Hall–Kier alpha value is -3.48. The van der Waals surface area contributed by atoms with E-state index < -0.39 is 24.5 Å². The van der Waals surface area contributed by atoms with Crippen LogP contribution in [-0.2, 0) is 20.8 Å². The van der Waals surface area contributed by atoms with Crippen LogP contribution in [-0.4, -0.2) is 37.8 Å². The van der Waals surface area contributed by atoms with Crippen molar-refractivity contribution in [3.8, 4) is 0 Å². The molecule has 2 rings (SSSR count). The molecule has 0 saturated heterocycles. The van der Waals surface area contributed by atoms with E-state index in [1.807, 2.05) is 0 Å². The highest BCUT2D eigenvalue weighted by Crippen LogP contribution is 2.06. The minimum Gasteiger partial charge on any atom is -0.465 e. The summed E-state index contributed by atoms with van der Waals surface area (Å²) >= 11 is 0. The number of methoxy groups -OCH3 is 1. The fraction of sp³-hybridized carbons (Fsp3) is 0.158. The summed E-state index contributed by atoms with van der Waals surface area (Å²) in [6.07, 6.45) is 0.667. The molecule has 0 bridgehead atoms. The molecule has 7 heteroatoms. The predicted molar refractivity (Wildman–Crippen MR) is 91.7 cm³/mol. The maximum atomic E-state index is 11.8. The van der Waals surface area contributed by atoms with Gasteiger partial charge >= 0.3 is 11.9 Å². The van der Waals surface area contributed by atoms with Gasteiger partial charge in [-0.15, -0.1) is 0 Å². The van der Waals surface area contributed by atoms with E-state index >= 15 is 0 Å². The molecule has 0 aliphatic heterocycles. The highest BCUT2D eigenvalue weighted by Gasteiger charge is 2.10. The molecule has 1 amide bonds. The molecular formula is C19H17NO6. The lowest BCUT2D eigenvalue weighted by molar-refractivity contribution is -0.124. The number of carbonyl (C=O) groups is 4.